The van der Waals surface area contributed by atoms with Crippen molar-refractivity contribution in [3.63, 3.8) is 0 Å². The highest BCUT2D eigenvalue weighted by atomic mass is 35.5. The molecule has 1 amide bonds. The van der Waals surface area contributed by atoms with Crippen molar-refractivity contribution in [1.82, 2.24) is 4.90 Å². The number of hydrogen-bond donors (Lipinski definition) is 3. The third kappa shape index (κ3) is 5.54. The van der Waals surface area contributed by atoms with E-state index in [1.54, 1.807) is 36.1 Å². The number of hydrogen-bond acceptors (Lipinski definition) is 6. The van der Waals surface area contributed by atoms with Crippen molar-refractivity contribution in [1.29, 1.82) is 0 Å². The molecule has 4 aromatic rings. The van der Waals surface area contributed by atoms with Gasteiger partial charge in [0.15, 0.2) is 11.5 Å². The summed E-state index contributed by atoms with van der Waals surface area (Å²) in [5, 5.41) is 20.5. The van der Waals surface area contributed by atoms with Gasteiger partial charge in [-0.1, -0.05) is 35.3 Å². The molecule has 4 aromatic carbocycles. The molecule has 8 nitrogen and oxygen atoms in total. The van der Waals surface area contributed by atoms with Crippen LogP contribution < -0.4 is 9.46 Å². The number of aromatic hydroxyl groups is 2. The summed E-state index contributed by atoms with van der Waals surface area (Å²) in [6.07, 6.45) is 0.448. The molecule has 1 aliphatic heterocycles. The van der Waals surface area contributed by atoms with Crippen LogP contribution >= 0.6 is 23.2 Å². The van der Waals surface area contributed by atoms with Gasteiger partial charge in [0, 0.05) is 11.6 Å². The van der Waals surface area contributed by atoms with E-state index >= 15 is 0 Å². The van der Waals surface area contributed by atoms with Crippen molar-refractivity contribution < 1.29 is 28.2 Å². The molecule has 0 spiro atoms. The van der Waals surface area contributed by atoms with Crippen LogP contribution in [0.4, 0.5) is 5.69 Å². The minimum absolute atomic E-state index is 0.0390. The van der Waals surface area contributed by atoms with E-state index in [2.05, 4.69) is 4.72 Å². The lowest BCUT2D eigenvalue weighted by Crippen LogP contribution is -2.39. The highest BCUT2D eigenvalue weighted by molar-refractivity contribution is 7.92. The fourth-order valence-electron chi connectivity index (χ4n) is 4.60. The van der Waals surface area contributed by atoms with E-state index in [0.717, 1.165) is 5.56 Å². The predicted molar refractivity (Wildman–Crippen MR) is 153 cm³/mol. The Hall–Kier alpha value is -3.92. The number of phenols is 2. The number of rotatable bonds is 6. The summed E-state index contributed by atoms with van der Waals surface area (Å²) in [4.78, 5) is 15.2. The van der Waals surface area contributed by atoms with Crippen LogP contribution in [-0.4, -0.2) is 36.0 Å². The molecule has 0 aromatic heterocycles. The van der Waals surface area contributed by atoms with Crippen molar-refractivity contribution in [2.75, 3.05) is 11.3 Å². The first-order valence-corrected chi connectivity index (χ1v) is 14.5. The van der Waals surface area contributed by atoms with E-state index in [4.69, 9.17) is 27.9 Å². The maximum Gasteiger partial charge on any atom is 0.261 e. The largest absolute Gasteiger partial charge is 0.504 e. The average molecular weight is 599 g/mol. The number of ether oxygens (including phenoxy) is 1. The van der Waals surface area contributed by atoms with E-state index in [-0.39, 0.29) is 32.7 Å². The molecule has 5 rings (SSSR count). The molecule has 0 unspecified atom stereocenters. The molecule has 3 N–H and O–H groups in total. The maximum atomic E-state index is 13.7. The summed E-state index contributed by atoms with van der Waals surface area (Å²) in [7, 11) is -4.09. The molecule has 1 aliphatic rings. The Balaban J connectivity index is 1.39. The summed E-state index contributed by atoms with van der Waals surface area (Å²) in [6, 6.07) is 19.5. The Morgan fingerprint density at radius 3 is 2.40 bits per heavy atom. The van der Waals surface area contributed by atoms with Gasteiger partial charge >= 0.3 is 0 Å². The Bertz CT molecular complexity index is 1710. The number of anilines is 1. The van der Waals surface area contributed by atoms with E-state index in [1.807, 2.05) is 0 Å². The predicted octanol–water partition coefficient (Wildman–Crippen LogP) is 6.76. The van der Waals surface area contributed by atoms with Gasteiger partial charge in [0.2, 0.25) is 0 Å². The first-order valence-electron chi connectivity index (χ1n) is 12.2. The van der Waals surface area contributed by atoms with Gasteiger partial charge in [0.1, 0.15) is 11.5 Å². The zero-order valence-corrected chi connectivity index (χ0v) is 23.5. The summed E-state index contributed by atoms with van der Waals surface area (Å²) in [5.41, 5.74) is 1.66. The summed E-state index contributed by atoms with van der Waals surface area (Å²) >= 11 is 12.3. The number of sulfonamides is 1. The van der Waals surface area contributed by atoms with Crippen molar-refractivity contribution in [3.05, 3.63) is 106 Å². The van der Waals surface area contributed by atoms with Crippen molar-refractivity contribution in [2.45, 2.75) is 24.3 Å². The number of carbonyl (C=O) groups excluding carboxylic acids is 1. The zero-order valence-electron chi connectivity index (χ0n) is 21.1. The molecule has 0 saturated heterocycles. The number of phenolic OH excluding ortho intramolecular Hbond substituents is 2. The van der Waals surface area contributed by atoms with E-state index < -0.39 is 22.0 Å². The molecule has 0 radical (unpaired) electrons. The third-order valence-corrected chi connectivity index (χ3v) is 8.62. The van der Waals surface area contributed by atoms with E-state index in [0.29, 0.717) is 35.1 Å². The van der Waals surface area contributed by atoms with Crippen molar-refractivity contribution >= 4 is 44.8 Å². The average Bonchev–Trinajstić information content (AvgIpc) is 2.92. The number of amides is 1. The SMILES string of the molecule is C[C@H]1c2cc(O)c(O)cc2CCN1C(=O)c1cc(Cl)ccc1NS(=O)(=O)c1ccc(Oc2ccccc2Cl)cc1. The Kier molecular flexibility index (Phi) is 7.55. The van der Waals surface area contributed by atoms with Crippen LogP contribution in [0.25, 0.3) is 0 Å². The molecule has 1 atom stereocenters. The van der Waals surface area contributed by atoms with Gasteiger partial charge in [-0.05, 0) is 91.2 Å². The lowest BCUT2D eigenvalue weighted by Gasteiger charge is -2.36. The molecule has 0 bridgehead atoms. The smallest absolute Gasteiger partial charge is 0.261 e. The number of nitrogens with one attached hydrogen (secondary N) is 1. The Morgan fingerprint density at radius 2 is 1.68 bits per heavy atom. The van der Waals surface area contributed by atoms with Crippen LogP contribution in [-0.2, 0) is 16.4 Å². The fourth-order valence-corrected chi connectivity index (χ4v) is 6.03. The Morgan fingerprint density at radius 1 is 0.975 bits per heavy atom. The van der Waals surface area contributed by atoms with Gasteiger partial charge in [0.05, 0.1) is 27.2 Å². The lowest BCUT2D eigenvalue weighted by atomic mass is 9.92. The van der Waals surface area contributed by atoms with Crippen molar-refractivity contribution in [3.8, 4) is 23.0 Å². The molecule has 0 aliphatic carbocycles. The molecule has 40 heavy (non-hydrogen) atoms. The number of fused-ring (bicyclic) bond motifs is 1. The summed E-state index contributed by atoms with van der Waals surface area (Å²) in [6.45, 7) is 2.12. The number of benzene rings is 4. The van der Waals surface area contributed by atoms with Gasteiger partial charge in [-0.2, -0.15) is 0 Å². The molecule has 206 valence electrons. The molecule has 11 heteroatoms. The van der Waals surface area contributed by atoms with Crippen LogP contribution in [0.1, 0.15) is 34.5 Å². The second kappa shape index (κ2) is 10.9. The van der Waals surface area contributed by atoms with Crippen LogP contribution in [0.15, 0.2) is 83.8 Å². The molecular weight excluding hydrogens is 575 g/mol. The van der Waals surface area contributed by atoms with Gasteiger partial charge in [-0.15, -0.1) is 0 Å². The number of para-hydroxylation sites is 1. The van der Waals surface area contributed by atoms with Gasteiger partial charge < -0.3 is 19.8 Å². The van der Waals surface area contributed by atoms with Gasteiger partial charge in [0.25, 0.3) is 15.9 Å². The number of halogens is 2. The first kappa shape index (κ1) is 27.6. The normalized spacial score (nSPS) is 14.9. The van der Waals surface area contributed by atoms with Crippen LogP contribution in [0.5, 0.6) is 23.0 Å². The summed E-state index contributed by atoms with van der Waals surface area (Å²) < 4.78 is 34.8. The number of nitrogens with zero attached hydrogens (tertiary/aromatic N) is 1. The highest BCUT2D eigenvalue weighted by Gasteiger charge is 2.31. The molecule has 0 saturated carbocycles. The van der Waals surface area contributed by atoms with Crippen LogP contribution in [0, 0.1) is 0 Å². The first-order chi connectivity index (χ1) is 19.0. The van der Waals surface area contributed by atoms with Crippen LogP contribution in [0.3, 0.4) is 0 Å². The van der Waals surface area contributed by atoms with Crippen molar-refractivity contribution in [2.24, 2.45) is 0 Å². The quantitative estimate of drug-likeness (QED) is 0.211. The monoisotopic (exact) mass is 598 g/mol. The molecule has 1 heterocycles. The standard InChI is InChI=1S/C29H24Cl2N2O6S/c1-17-22-16-27(35)26(34)14-18(22)12-13-33(17)29(36)23-15-19(30)6-11-25(23)32-40(37,38)21-9-7-20(8-10-21)39-28-5-3-2-4-24(28)31/h2-11,14-17,32,34-35H,12-13H2,1H3/t17-/m0/s1. The Labute approximate surface area is 241 Å². The molecule has 0 fully saturated rings. The zero-order chi connectivity index (χ0) is 28.6. The van der Waals surface area contributed by atoms with Gasteiger partial charge in [-0.3, -0.25) is 9.52 Å². The lowest BCUT2D eigenvalue weighted by molar-refractivity contribution is 0.0678. The number of carbonyl (C=O) groups is 1. The topological polar surface area (TPSA) is 116 Å². The fraction of sp³-hybridized carbons (Fsp3) is 0.138. The summed E-state index contributed by atoms with van der Waals surface area (Å²) in [5.74, 6) is -0.105. The second-order valence-corrected chi connectivity index (χ2v) is 11.8. The minimum atomic E-state index is -4.09. The minimum Gasteiger partial charge on any atom is -0.504 e. The third-order valence-electron chi connectivity index (χ3n) is 6.69. The highest BCUT2D eigenvalue weighted by Crippen LogP contribution is 2.38. The van der Waals surface area contributed by atoms with Gasteiger partial charge in [-0.25, -0.2) is 8.42 Å². The van der Waals surface area contributed by atoms with Crippen LogP contribution in [0.2, 0.25) is 10.0 Å². The van der Waals surface area contributed by atoms with E-state index in [9.17, 15) is 23.4 Å². The van der Waals surface area contributed by atoms with E-state index in [1.165, 1.54) is 54.6 Å². The molecular formula is C29H24Cl2N2O6S. The maximum absolute atomic E-state index is 13.7. The second-order valence-electron chi connectivity index (χ2n) is 9.26.